The second kappa shape index (κ2) is 49.8. The number of rotatable bonds is 45. The fourth-order valence-corrected chi connectivity index (χ4v) is 7.88. The lowest BCUT2D eigenvalue weighted by Crippen LogP contribution is -2.37. The number of methoxy groups -OCH3 is 1. The highest BCUT2D eigenvalue weighted by Gasteiger charge is 2.19. The van der Waals surface area contributed by atoms with Gasteiger partial charge in [-0.15, -0.1) is 0 Å². The van der Waals surface area contributed by atoms with E-state index in [1.54, 1.807) is 7.05 Å². The van der Waals surface area contributed by atoms with Gasteiger partial charge in [-0.05, 0) is 71.0 Å². The smallest absolute Gasteiger partial charge is 0.305 e. The molecule has 1 aromatic carbocycles. The maximum Gasteiger partial charge on any atom is 0.305 e. The van der Waals surface area contributed by atoms with Crippen molar-refractivity contribution in [2.45, 2.75) is 259 Å². The van der Waals surface area contributed by atoms with E-state index < -0.39 is 10.9 Å². The number of carbonyl (C=O) groups excluding carboxylic acids is 2. The summed E-state index contributed by atoms with van der Waals surface area (Å²) in [5.41, 5.74) is -0.0590. The van der Waals surface area contributed by atoms with Crippen molar-refractivity contribution < 1.29 is 19.1 Å². The molecule has 0 fully saturated rings. The largest absolute Gasteiger partial charge is 0.466 e. The highest BCUT2D eigenvalue weighted by atomic mass is 16.5. The molecule has 0 heterocycles. The Bertz CT molecular complexity index is 1140. The quantitative estimate of drug-likeness (QED) is 0.0286. The van der Waals surface area contributed by atoms with Crippen LogP contribution in [0.4, 0.5) is 11.4 Å². The third-order valence-corrected chi connectivity index (χ3v) is 11.9. The Morgan fingerprint density at radius 3 is 1.47 bits per heavy atom. The molecule has 366 valence electrons. The van der Waals surface area contributed by atoms with Gasteiger partial charge < -0.3 is 29.8 Å². The van der Waals surface area contributed by atoms with Crippen molar-refractivity contribution in [1.82, 2.24) is 4.90 Å². The molecule has 0 aliphatic rings. The molecule has 0 spiro atoms. The summed E-state index contributed by atoms with van der Waals surface area (Å²) in [5.74, 6) is -0.0486. The van der Waals surface area contributed by atoms with Crippen molar-refractivity contribution in [3.8, 4) is 0 Å². The molecule has 9 heteroatoms. The Kier molecular flexibility index (Phi) is 49.6. The number of hydrogen-bond acceptors (Lipinski definition) is 9. The minimum atomic E-state index is -0.440. The molecule has 0 saturated heterocycles. The van der Waals surface area contributed by atoms with E-state index >= 15 is 0 Å². The standard InChI is InChI=1S/C33H59N3O5.C18H38O.C2H6/c1-3-4-5-6-9-15-20-28-41-29(38)22-16-11-10-13-18-25-36(24-17-12-7-8-14-19-27-37)26-21-23-35-31-30(34-2)32(39)33(31)40;1-4-6-8-10-12-14-16-18(19-3)17-15-13-11-9-7-5-2;1-2/h27,34-35H,3-26,28H2,1-2H3;18H,4-17H2,1-3H3;1-2H3. The van der Waals surface area contributed by atoms with Gasteiger partial charge in [0.05, 0.1) is 12.7 Å². The van der Waals surface area contributed by atoms with Crippen LogP contribution in [-0.2, 0) is 19.1 Å². The van der Waals surface area contributed by atoms with E-state index in [-0.39, 0.29) is 5.97 Å². The van der Waals surface area contributed by atoms with E-state index in [0.29, 0.717) is 43.5 Å². The van der Waals surface area contributed by atoms with E-state index in [0.717, 1.165) is 96.5 Å². The van der Waals surface area contributed by atoms with Gasteiger partial charge in [-0.1, -0.05) is 189 Å². The zero-order valence-electron chi connectivity index (χ0n) is 42.1. The Morgan fingerprint density at radius 2 is 0.984 bits per heavy atom. The number of nitrogens with one attached hydrogen (secondary N) is 2. The fraction of sp³-hybridized carbons (Fsp3) is 0.887. The van der Waals surface area contributed by atoms with Crippen LogP contribution in [0.25, 0.3) is 0 Å². The van der Waals surface area contributed by atoms with E-state index in [2.05, 4.69) is 36.3 Å². The van der Waals surface area contributed by atoms with Gasteiger partial charge in [0.1, 0.15) is 17.7 Å². The molecule has 0 unspecified atom stereocenters. The van der Waals surface area contributed by atoms with Crippen LogP contribution in [0.2, 0.25) is 0 Å². The average molecular weight is 878 g/mol. The number of esters is 1. The minimum Gasteiger partial charge on any atom is -0.466 e. The van der Waals surface area contributed by atoms with E-state index in [4.69, 9.17) is 9.47 Å². The SMILES string of the molecule is CC.CCCCCCCCC(CCCCCCCC)OC.CCCCCCCCCOC(=O)CCCCCCCN(CCCCCCCC=O)CCCNc1c(NC)c(=O)c1=O. The summed E-state index contributed by atoms with van der Waals surface area (Å²) in [5, 5.41) is 5.93. The van der Waals surface area contributed by atoms with Crippen molar-refractivity contribution in [2.24, 2.45) is 0 Å². The molecule has 0 aliphatic carbocycles. The number of hydrogen-bond donors (Lipinski definition) is 2. The van der Waals surface area contributed by atoms with Crippen molar-refractivity contribution >= 4 is 23.6 Å². The molecule has 0 bridgehead atoms. The molecule has 0 atom stereocenters. The molecule has 0 aromatic heterocycles. The second-order valence-corrected chi connectivity index (χ2v) is 17.3. The Morgan fingerprint density at radius 1 is 0.565 bits per heavy atom. The normalized spacial score (nSPS) is 11.0. The van der Waals surface area contributed by atoms with E-state index in [1.807, 2.05) is 21.0 Å². The van der Waals surface area contributed by atoms with E-state index in [9.17, 15) is 19.2 Å². The molecule has 9 nitrogen and oxygen atoms in total. The first-order chi connectivity index (χ1) is 30.4. The summed E-state index contributed by atoms with van der Waals surface area (Å²) in [4.78, 5) is 48.3. The molecular formula is C53H103N3O6. The summed E-state index contributed by atoms with van der Waals surface area (Å²) in [6.07, 6.45) is 42.5. The van der Waals surface area contributed by atoms with Crippen LogP contribution in [0.3, 0.4) is 0 Å². The number of anilines is 2. The van der Waals surface area contributed by atoms with Crippen LogP contribution < -0.4 is 21.5 Å². The Balaban J connectivity index is 0. The number of carbonyl (C=O) groups is 2. The highest BCUT2D eigenvalue weighted by Crippen LogP contribution is 2.17. The Hall–Kier alpha value is -2.26. The maximum atomic E-state index is 12.0. The van der Waals surface area contributed by atoms with Gasteiger partial charge in [-0.3, -0.25) is 14.4 Å². The van der Waals surface area contributed by atoms with Crippen molar-refractivity contribution in [3.63, 3.8) is 0 Å². The zero-order chi connectivity index (χ0) is 46.2. The van der Waals surface area contributed by atoms with Crippen LogP contribution in [0.15, 0.2) is 9.59 Å². The molecule has 1 aromatic rings. The highest BCUT2D eigenvalue weighted by molar-refractivity contribution is 5.73. The maximum absolute atomic E-state index is 12.0. The molecule has 0 amide bonds. The van der Waals surface area contributed by atoms with Gasteiger partial charge in [0.25, 0.3) is 10.9 Å². The predicted octanol–water partition coefficient (Wildman–Crippen LogP) is 14.1. The minimum absolute atomic E-state index is 0.0486. The third-order valence-electron chi connectivity index (χ3n) is 11.9. The van der Waals surface area contributed by atoms with Gasteiger partial charge >= 0.3 is 5.97 Å². The fourth-order valence-electron chi connectivity index (χ4n) is 7.88. The van der Waals surface area contributed by atoms with E-state index in [1.165, 1.54) is 135 Å². The van der Waals surface area contributed by atoms with Gasteiger partial charge in [-0.2, -0.15) is 0 Å². The van der Waals surface area contributed by atoms with Crippen LogP contribution in [0.1, 0.15) is 253 Å². The van der Waals surface area contributed by atoms with Gasteiger partial charge in [0.2, 0.25) is 0 Å². The molecule has 0 radical (unpaired) electrons. The lowest BCUT2D eigenvalue weighted by molar-refractivity contribution is -0.143. The van der Waals surface area contributed by atoms with Crippen molar-refractivity contribution in [3.05, 3.63) is 20.4 Å². The summed E-state index contributed by atoms with van der Waals surface area (Å²) >= 11 is 0. The molecule has 1 rings (SSSR count). The number of aldehydes is 1. The van der Waals surface area contributed by atoms with Gasteiger partial charge in [0, 0.05) is 33.5 Å². The molecule has 0 saturated carbocycles. The van der Waals surface area contributed by atoms with Crippen LogP contribution in [0, 0.1) is 0 Å². The number of nitrogens with zero attached hydrogens (tertiary/aromatic N) is 1. The van der Waals surface area contributed by atoms with Crippen molar-refractivity contribution in [2.75, 3.05) is 57.6 Å². The first-order valence-electron chi connectivity index (χ1n) is 26.5. The average Bonchev–Trinajstić information content (AvgIpc) is 3.29. The lowest BCUT2D eigenvalue weighted by atomic mass is 10.0. The molecular weight excluding hydrogens is 775 g/mol. The number of ether oxygens (including phenoxy) is 2. The summed E-state index contributed by atoms with van der Waals surface area (Å²) in [6, 6.07) is 0. The lowest BCUT2D eigenvalue weighted by Gasteiger charge is -2.23. The predicted molar refractivity (Wildman–Crippen MR) is 269 cm³/mol. The van der Waals surface area contributed by atoms with Crippen LogP contribution in [-0.4, -0.2) is 70.2 Å². The Labute approximate surface area is 383 Å². The monoisotopic (exact) mass is 878 g/mol. The zero-order valence-corrected chi connectivity index (χ0v) is 42.1. The molecule has 0 aliphatic heterocycles. The first-order valence-corrected chi connectivity index (χ1v) is 26.5. The molecule has 62 heavy (non-hydrogen) atoms. The summed E-state index contributed by atoms with van der Waals surface area (Å²) < 4.78 is 11.0. The molecule has 2 N–H and O–H groups in total. The van der Waals surface area contributed by atoms with Crippen LogP contribution in [0.5, 0.6) is 0 Å². The second-order valence-electron chi connectivity index (χ2n) is 17.3. The summed E-state index contributed by atoms with van der Waals surface area (Å²) in [7, 11) is 3.55. The first kappa shape index (κ1) is 61.8. The third kappa shape index (κ3) is 38.2. The topological polar surface area (TPSA) is 114 Å². The van der Waals surface area contributed by atoms with Crippen molar-refractivity contribution in [1.29, 1.82) is 0 Å². The number of unbranched alkanes of at least 4 members (excludes halogenated alkanes) is 25. The van der Waals surface area contributed by atoms with Crippen LogP contribution >= 0.6 is 0 Å². The summed E-state index contributed by atoms with van der Waals surface area (Å²) in [6.45, 7) is 15.1. The van der Waals surface area contributed by atoms with Gasteiger partial charge in [-0.25, -0.2) is 0 Å². The van der Waals surface area contributed by atoms with Gasteiger partial charge in [0.15, 0.2) is 0 Å².